The minimum atomic E-state index is -4.36. The van der Waals surface area contributed by atoms with Gasteiger partial charge in [-0.05, 0) is 11.5 Å². The summed E-state index contributed by atoms with van der Waals surface area (Å²) in [5.74, 6) is 0. The fourth-order valence-electron chi connectivity index (χ4n) is 2.90. The molecule has 0 saturated carbocycles. The van der Waals surface area contributed by atoms with Crippen molar-refractivity contribution in [3.8, 4) is 0 Å². The third kappa shape index (κ3) is 2.74. The van der Waals surface area contributed by atoms with E-state index in [0.717, 1.165) is 20.3 Å². The van der Waals surface area contributed by atoms with Crippen LogP contribution in [0.1, 0.15) is 0 Å². The van der Waals surface area contributed by atoms with Crippen LogP contribution in [0.5, 0.6) is 0 Å². The van der Waals surface area contributed by atoms with Gasteiger partial charge in [-0.15, -0.1) is 0 Å². The predicted molar refractivity (Wildman–Crippen MR) is 81.8 cm³/mol. The number of rotatable bonds is 2. The van der Waals surface area contributed by atoms with Gasteiger partial charge in [-0.3, -0.25) is 0 Å². The second-order valence-electron chi connectivity index (χ2n) is 5.36. The first-order valence-electron chi connectivity index (χ1n) is 6.85. The van der Waals surface area contributed by atoms with Crippen LogP contribution in [0.2, 0.25) is 0 Å². The van der Waals surface area contributed by atoms with Crippen LogP contribution < -0.4 is 9.84 Å². The van der Waals surface area contributed by atoms with E-state index in [2.05, 4.69) is 5.32 Å². The maximum Gasteiger partial charge on any atom is 0.411 e. The molecule has 3 rings (SSSR count). The number of likely N-dealkylation sites (N-methyl/N-ethyl adjacent to an activating group) is 1. The first-order chi connectivity index (χ1) is 10.4. The quantitative estimate of drug-likeness (QED) is 0.848. The Morgan fingerprint density at radius 2 is 1.86 bits per heavy atom. The monoisotopic (exact) mass is 329 g/mol. The number of alkyl halides is 3. The highest BCUT2D eigenvalue weighted by atomic mass is 35.5. The molecule has 22 heavy (non-hydrogen) atoms. The molecule has 3 nitrogen and oxygen atoms in total. The molecule has 2 aromatic carbocycles. The van der Waals surface area contributed by atoms with Gasteiger partial charge >= 0.3 is 6.18 Å². The van der Waals surface area contributed by atoms with Crippen LogP contribution in [0.15, 0.2) is 42.5 Å². The third-order valence-electron chi connectivity index (χ3n) is 3.94. The smallest absolute Gasteiger partial charge is 0.374 e. The molecule has 1 heterocycles. The summed E-state index contributed by atoms with van der Waals surface area (Å²) in [6.07, 6.45) is -4.36. The molecule has 1 radical (unpaired) electrons. The molecule has 1 saturated heterocycles. The maximum atomic E-state index is 13.3. The molecule has 0 aliphatic carbocycles. The molecule has 1 fully saturated rings. The highest BCUT2D eigenvalue weighted by Crippen LogP contribution is 2.34. The average molecular weight is 330 g/mol. The fourth-order valence-corrected chi connectivity index (χ4v) is 3.14. The zero-order valence-corrected chi connectivity index (χ0v) is 12.6. The Hall–Kier alpha value is -1.50. The lowest BCUT2D eigenvalue weighted by molar-refractivity contribution is -0.180. The molecule has 0 aromatic heterocycles. The fraction of sp³-hybridized carbons (Fsp3) is 0.333. The van der Waals surface area contributed by atoms with Crippen LogP contribution in [-0.4, -0.2) is 36.9 Å². The van der Waals surface area contributed by atoms with Gasteiger partial charge in [0.2, 0.25) is 0 Å². The number of hydrogen-bond acceptors (Lipinski definition) is 3. The van der Waals surface area contributed by atoms with E-state index in [1.807, 2.05) is 36.4 Å². The lowest BCUT2D eigenvalue weighted by Gasteiger charge is -2.23. The molecule has 0 bridgehead atoms. The van der Waals surface area contributed by atoms with E-state index in [1.54, 1.807) is 6.07 Å². The van der Waals surface area contributed by atoms with Gasteiger partial charge in [-0.25, -0.2) is 0 Å². The summed E-state index contributed by atoms with van der Waals surface area (Å²) in [7, 11) is 1.34. The van der Waals surface area contributed by atoms with E-state index in [1.165, 1.54) is 7.05 Å². The van der Waals surface area contributed by atoms with Gasteiger partial charge < -0.3 is 5.32 Å². The van der Waals surface area contributed by atoms with Gasteiger partial charge in [0.05, 0.1) is 0 Å². The summed E-state index contributed by atoms with van der Waals surface area (Å²) in [4.78, 5) is 0. The van der Waals surface area contributed by atoms with Crippen molar-refractivity contribution in [3.05, 3.63) is 42.5 Å². The summed E-state index contributed by atoms with van der Waals surface area (Å²) in [6, 6.07) is 10.6. The molecule has 0 spiro atoms. The third-order valence-corrected chi connectivity index (χ3v) is 4.32. The van der Waals surface area contributed by atoms with E-state index in [0.29, 0.717) is 5.69 Å². The van der Waals surface area contributed by atoms with E-state index in [4.69, 9.17) is 11.8 Å². The van der Waals surface area contributed by atoms with E-state index < -0.39 is 18.3 Å². The molecular weight excluding hydrogens is 315 g/mol. The lowest BCUT2D eigenvalue weighted by Crippen LogP contribution is -2.49. The van der Waals surface area contributed by atoms with E-state index >= 15 is 0 Å². The van der Waals surface area contributed by atoms with Crippen LogP contribution in [0.3, 0.4) is 0 Å². The second-order valence-corrected chi connectivity index (χ2v) is 5.75. The topological polar surface area (TPSA) is 21.2 Å². The number of nitrogens with one attached hydrogen (secondary N) is 1. The molecule has 7 heteroatoms. The lowest BCUT2D eigenvalue weighted by atomic mass is 10.1. The molecular formula is C15H15ClF3N3+. The van der Waals surface area contributed by atoms with Crippen molar-refractivity contribution in [2.75, 3.05) is 18.9 Å². The Morgan fingerprint density at radius 1 is 1.18 bits per heavy atom. The van der Waals surface area contributed by atoms with E-state index in [-0.39, 0.29) is 6.54 Å². The number of fused-ring (bicyclic) bond motifs is 1. The summed E-state index contributed by atoms with van der Waals surface area (Å²) in [5, 5.41) is 5.90. The van der Waals surface area contributed by atoms with Gasteiger partial charge in [-0.2, -0.15) is 13.2 Å². The number of hydrogen-bond donors (Lipinski definition) is 1. The Labute approximate surface area is 131 Å². The van der Waals surface area contributed by atoms with Crippen molar-refractivity contribution in [1.82, 2.24) is 9.54 Å². The van der Waals surface area contributed by atoms with Crippen LogP contribution in [0.25, 0.3) is 10.8 Å². The van der Waals surface area contributed by atoms with Crippen molar-refractivity contribution in [1.29, 1.82) is 0 Å². The SMILES string of the molecule is CN1C(C(F)(F)F)C(Nc2cccc3ccccc23)C[N+]1Cl. The molecule has 1 aliphatic heterocycles. The van der Waals surface area contributed by atoms with Crippen molar-refractivity contribution in [3.63, 3.8) is 0 Å². The molecule has 2 atom stereocenters. The van der Waals surface area contributed by atoms with Crippen LogP contribution >= 0.6 is 11.8 Å². The van der Waals surface area contributed by atoms with Crippen molar-refractivity contribution in [2.45, 2.75) is 18.3 Å². The van der Waals surface area contributed by atoms with Gasteiger partial charge in [-0.1, -0.05) is 41.4 Å². The van der Waals surface area contributed by atoms with Gasteiger partial charge in [0.1, 0.15) is 6.04 Å². The molecule has 117 valence electrons. The average Bonchev–Trinajstić information content (AvgIpc) is 2.74. The first kappa shape index (κ1) is 15.4. The van der Waals surface area contributed by atoms with Crippen LogP contribution in [-0.2, 0) is 0 Å². The molecule has 2 aromatic rings. The highest BCUT2D eigenvalue weighted by Gasteiger charge is 2.59. The number of nitrogens with zero attached hydrogens (tertiary/aromatic N) is 2. The van der Waals surface area contributed by atoms with Gasteiger partial charge in [0, 0.05) is 22.6 Å². The summed E-state index contributed by atoms with van der Waals surface area (Å²) in [5.41, 5.74) is 0.678. The normalized spacial score (nSPS) is 24.0. The Balaban J connectivity index is 1.94. The van der Waals surface area contributed by atoms with Gasteiger partial charge in [0.25, 0.3) is 11.8 Å². The van der Waals surface area contributed by atoms with Crippen molar-refractivity contribution >= 4 is 28.2 Å². The zero-order valence-electron chi connectivity index (χ0n) is 11.8. The largest absolute Gasteiger partial charge is 0.411 e. The summed E-state index contributed by atoms with van der Waals surface area (Å²) in [6.45, 7) is 0.0749. The number of anilines is 1. The summed E-state index contributed by atoms with van der Waals surface area (Å²) < 4.78 is 40.9. The Kier molecular flexibility index (Phi) is 3.92. The van der Waals surface area contributed by atoms with Crippen molar-refractivity contribution in [2.24, 2.45) is 0 Å². The Morgan fingerprint density at radius 3 is 2.59 bits per heavy atom. The predicted octanol–water partition coefficient (Wildman–Crippen LogP) is 3.71. The first-order valence-corrected chi connectivity index (χ1v) is 7.19. The maximum absolute atomic E-state index is 13.3. The molecule has 2 unspecified atom stereocenters. The zero-order chi connectivity index (χ0) is 15.9. The minimum Gasteiger partial charge on any atom is -0.374 e. The number of hydrazine groups is 1. The molecule has 1 N–H and O–H groups in total. The second kappa shape index (κ2) is 5.61. The highest BCUT2D eigenvalue weighted by molar-refractivity contribution is 6.15. The minimum absolute atomic E-state index is 0.0749. The summed E-state index contributed by atoms with van der Waals surface area (Å²) >= 11 is 5.86. The van der Waals surface area contributed by atoms with Crippen LogP contribution in [0, 0.1) is 0 Å². The van der Waals surface area contributed by atoms with E-state index in [9.17, 15) is 13.2 Å². The molecule has 1 aliphatic rings. The number of benzene rings is 2. The van der Waals surface area contributed by atoms with Crippen LogP contribution in [0.4, 0.5) is 18.9 Å². The Bertz CT molecular complexity index is 671. The number of halogens is 4. The standard InChI is InChI=1S/C15H15ClF3N3/c1-21-14(15(17,18)19)13(9-22(21)16)20-12-8-4-6-10-5-2-3-7-11(10)12/h2-8,13-14,20H,9H2,1H3/q+1. The van der Waals surface area contributed by atoms with Gasteiger partial charge in [0.15, 0.2) is 12.6 Å². The molecule has 0 amide bonds. The van der Waals surface area contributed by atoms with Crippen molar-refractivity contribution < 1.29 is 13.2 Å².